The van der Waals surface area contributed by atoms with Gasteiger partial charge in [-0.25, -0.2) is 19.6 Å². The molecule has 0 aromatic carbocycles. The van der Waals surface area contributed by atoms with Crippen LogP contribution in [0.1, 0.15) is 38.5 Å². The van der Waals surface area contributed by atoms with Crippen LogP contribution in [0.25, 0.3) is 0 Å². The average Bonchev–Trinajstić information content (AvgIpc) is 2.65. The number of carboxylic acid groups (broad SMARTS) is 2. The Hall–Kier alpha value is -4.24. The van der Waals surface area contributed by atoms with Gasteiger partial charge in [0.25, 0.3) is 0 Å². The quantitative estimate of drug-likeness (QED) is 0.0687. The van der Waals surface area contributed by atoms with Gasteiger partial charge in [-0.2, -0.15) is 0 Å². The number of ether oxygens (including phenoxy) is 2. The number of nitrogens with two attached hydrogens (primary N) is 4. The molecule has 0 unspecified atom stereocenters. The molecule has 0 amide bonds. The molecule has 16 nitrogen and oxygen atoms in total. The van der Waals surface area contributed by atoms with E-state index in [9.17, 15) is 28.8 Å². The summed E-state index contributed by atoms with van der Waals surface area (Å²) < 4.78 is 8.81. The second-order valence-corrected chi connectivity index (χ2v) is 6.09. The van der Waals surface area contributed by atoms with Crippen molar-refractivity contribution in [3.63, 3.8) is 0 Å². The third-order valence-corrected chi connectivity index (χ3v) is 3.41. The molecule has 0 rings (SSSR count). The maximum Gasteiger partial charge on any atom is 0.328 e. The molecule has 0 saturated carbocycles. The van der Waals surface area contributed by atoms with Crippen LogP contribution in [-0.2, 0) is 38.2 Å². The molecule has 0 bridgehead atoms. The topological polar surface area (TPSA) is 290 Å². The van der Waals surface area contributed by atoms with Crippen LogP contribution in [0.3, 0.4) is 0 Å². The second-order valence-electron chi connectivity index (χ2n) is 6.09. The smallest absolute Gasteiger partial charge is 0.328 e. The standard InChI is InChI=1S/C16H24N6O10/c17-15(18)21-7(13(27)28)1-3-9(23)31-11(25)5-6-12(26)32-10(24)4-2-8(14(29)30)22-16(19)20/h7-8H,1-6H2,(H,27,28)(H,29,30)(H4,17,18,21)(H4,19,20,22)/t7-,8-/m1/s1. The summed E-state index contributed by atoms with van der Waals surface area (Å²) in [6.07, 6.45) is -2.90. The summed E-state index contributed by atoms with van der Waals surface area (Å²) in [6.45, 7) is 0. The van der Waals surface area contributed by atoms with Gasteiger partial charge < -0.3 is 42.6 Å². The van der Waals surface area contributed by atoms with E-state index in [0.29, 0.717) is 0 Å². The number of carbonyl (C=O) groups is 6. The second kappa shape index (κ2) is 13.9. The predicted molar refractivity (Wildman–Crippen MR) is 104 cm³/mol. The van der Waals surface area contributed by atoms with Crippen molar-refractivity contribution in [1.82, 2.24) is 0 Å². The number of carbonyl (C=O) groups excluding carboxylic acids is 4. The lowest BCUT2D eigenvalue weighted by Crippen LogP contribution is -2.29. The minimum Gasteiger partial charge on any atom is -0.480 e. The van der Waals surface area contributed by atoms with Crippen molar-refractivity contribution in [3.05, 3.63) is 0 Å². The first-order valence-corrected chi connectivity index (χ1v) is 8.91. The number of nitrogens with zero attached hydrogens (tertiary/aromatic N) is 2. The molecule has 0 fully saturated rings. The molecule has 0 aliphatic rings. The number of hydrogen-bond acceptors (Lipinski definition) is 10. The largest absolute Gasteiger partial charge is 0.480 e. The van der Waals surface area contributed by atoms with E-state index >= 15 is 0 Å². The molecule has 2 atom stereocenters. The highest BCUT2D eigenvalue weighted by molar-refractivity contribution is 5.90. The van der Waals surface area contributed by atoms with Gasteiger partial charge in [0.15, 0.2) is 24.0 Å². The van der Waals surface area contributed by atoms with Crippen LogP contribution in [0.2, 0.25) is 0 Å². The Morgan fingerprint density at radius 2 is 0.875 bits per heavy atom. The van der Waals surface area contributed by atoms with Crippen molar-refractivity contribution in [3.8, 4) is 0 Å². The van der Waals surface area contributed by atoms with E-state index < -0.39 is 85.5 Å². The molecule has 0 aliphatic heterocycles. The summed E-state index contributed by atoms with van der Waals surface area (Å²) in [5.41, 5.74) is 20.3. The van der Waals surface area contributed by atoms with E-state index in [1.807, 2.05) is 0 Å². The van der Waals surface area contributed by atoms with Gasteiger partial charge in [0.2, 0.25) is 0 Å². The molecule has 16 heteroatoms. The van der Waals surface area contributed by atoms with Gasteiger partial charge in [-0.3, -0.25) is 19.2 Å². The maximum absolute atomic E-state index is 11.6. The SMILES string of the molecule is NC(N)=N[C@H](CCC(=O)OC(=O)CCC(=O)OC(=O)CC[C@@H](N=C(N)N)C(=O)O)C(=O)O. The summed E-state index contributed by atoms with van der Waals surface area (Å²) in [4.78, 5) is 75.0. The number of aliphatic carboxylic acids is 2. The Bertz CT molecular complexity index is 735. The van der Waals surface area contributed by atoms with Crippen molar-refractivity contribution in [2.75, 3.05) is 0 Å². The molecule has 178 valence electrons. The Morgan fingerprint density at radius 1 is 0.594 bits per heavy atom. The van der Waals surface area contributed by atoms with Crippen LogP contribution in [0.5, 0.6) is 0 Å². The monoisotopic (exact) mass is 460 g/mol. The fraction of sp³-hybridized carbons (Fsp3) is 0.500. The first kappa shape index (κ1) is 27.8. The number of rotatable bonds is 13. The van der Waals surface area contributed by atoms with Crippen LogP contribution in [0.4, 0.5) is 0 Å². The highest BCUT2D eigenvalue weighted by Crippen LogP contribution is 2.07. The van der Waals surface area contributed by atoms with Crippen molar-refractivity contribution < 1.29 is 48.5 Å². The summed E-state index contributed by atoms with van der Waals surface area (Å²) in [5.74, 6) is -8.16. The van der Waals surface area contributed by atoms with Gasteiger partial charge in [0, 0.05) is 12.8 Å². The van der Waals surface area contributed by atoms with Crippen molar-refractivity contribution in [2.45, 2.75) is 50.6 Å². The molecular formula is C16H24N6O10. The van der Waals surface area contributed by atoms with Crippen molar-refractivity contribution in [2.24, 2.45) is 32.9 Å². The Kier molecular flexibility index (Phi) is 12.0. The first-order chi connectivity index (χ1) is 14.8. The van der Waals surface area contributed by atoms with Crippen LogP contribution in [0, 0.1) is 0 Å². The lowest BCUT2D eigenvalue weighted by atomic mass is 10.1. The summed E-state index contributed by atoms with van der Waals surface area (Å²) in [5, 5.41) is 17.8. The summed E-state index contributed by atoms with van der Waals surface area (Å²) in [6, 6.07) is -2.81. The lowest BCUT2D eigenvalue weighted by molar-refractivity contribution is -0.165. The molecule has 0 radical (unpaired) electrons. The molecule has 0 heterocycles. The molecule has 10 N–H and O–H groups in total. The van der Waals surface area contributed by atoms with E-state index in [4.69, 9.17) is 33.1 Å². The van der Waals surface area contributed by atoms with Gasteiger partial charge in [-0.1, -0.05) is 0 Å². The molecule has 0 spiro atoms. The fourth-order valence-corrected chi connectivity index (χ4v) is 2.02. The normalized spacial score (nSPS) is 11.9. The minimum absolute atomic E-state index is 0.340. The first-order valence-electron chi connectivity index (χ1n) is 8.91. The zero-order valence-electron chi connectivity index (χ0n) is 16.8. The van der Waals surface area contributed by atoms with Gasteiger partial charge in [-0.05, 0) is 12.8 Å². The number of carboxylic acids is 2. The van der Waals surface area contributed by atoms with E-state index in [0.717, 1.165) is 0 Å². The fourth-order valence-electron chi connectivity index (χ4n) is 2.02. The van der Waals surface area contributed by atoms with Crippen LogP contribution < -0.4 is 22.9 Å². The zero-order chi connectivity index (χ0) is 24.8. The average molecular weight is 460 g/mol. The zero-order valence-corrected chi connectivity index (χ0v) is 16.8. The van der Waals surface area contributed by atoms with Gasteiger partial charge in [-0.15, -0.1) is 0 Å². The number of guanidine groups is 2. The number of hydrogen-bond donors (Lipinski definition) is 6. The van der Waals surface area contributed by atoms with Crippen LogP contribution in [-0.4, -0.2) is 70.0 Å². The van der Waals surface area contributed by atoms with Crippen LogP contribution >= 0.6 is 0 Å². The number of aliphatic imine (C=N–C) groups is 2. The maximum atomic E-state index is 11.6. The highest BCUT2D eigenvalue weighted by atomic mass is 16.6. The highest BCUT2D eigenvalue weighted by Gasteiger charge is 2.22. The van der Waals surface area contributed by atoms with E-state index in [-0.39, 0.29) is 12.8 Å². The molecule has 0 aliphatic carbocycles. The molecule has 0 aromatic rings. The molecular weight excluding hydrogens is 436 g/mol. The van der Waals surface area contributed by atoms with E-state index in [2.05, 4.69) is 19.5 Å². The Morgan fingerprint density at radius 3 is 1.12 bits per heavy atom. The third-order valence-electron chi connectivity index (χ3n) is 3.41. The van der Waals surface area contributed by atoms with E-state index in [1.54, 1.807) is 0 Å². The van der Waals surface area contributed by atoms with Crippen LogP contribution in [0.15, 0.2) is 9.98 Å². The van der Waals surface area contributed by atoms with Crippen molar-refractivity contribution >= 4 is 47.7 Å². The van der Waals surface area contributed by atoms with Gasteiger partial charge in [0.05, 0.1) is 12.8 Å². The molecule has 0 saturated heterocycles. The molecule has 0 aromatic heterocycles. The van der Waals surface area contributed by atoms with Crippen molar-refractivity contribution in [1.29, 1.82) is 0 Å². The summed E-state index contributed by atoms with van der Waals surface area (Å²) >= 11 is 0. The lowest BCUT2D eigenvalue weighted by Gasteiger charge is -2.08. The third kappa shape index (κ3) is 13.1. The predicted octanol–water partition coefficient (Wildman–Crippen LogP) is -3.08. The molecule has 32 heavy (non-hydrogen) atoms. The van der Waals surface area contributed by atoms with Gasteiger partial charge >= 0.3 is 35.8 Å². The minimum atomic E-state index is -1.41. The number of esters is 4. The Labute approximate surface area is 180 Å². The summed E-state index contributed by atoms with van der Waals surface area (Å²) in [7, 11) is 0. The Balaban J connectivity index is 4.36. The van der Waals surface area contributed by atoms with E-state index in [1.165, 1.54) is 0 Å². The van der Waals surface area contributed by atoms with Gasteiger partial charge in [0.1, 0.15) is 0 Å².